The molecule has 0 aliphatic carbocycles. The van der Waals surface area contributed by atoms with Crippen molar-refractivity contribution in [2.75, 3.05) is 4.90 Å². The Labute approximate surface area is 156 Å². The summed E-state index contributed by atoms with van der Waals surface area (Å²) in [5.41, 5.74) is -0.237. The van der Waals surface area contributed by atoms with Crippen LogP contribution in [-0.2, 0) is 6.42 Å². The minimum absolute atomic E-state index is 0.0441. The van der Waals surface area contributed by atoms with Gasteiger partial charge in [0, 0.05) is 0 Å². The summed E-state index contributed by atoms with van der Waals surface area (Å²) in [7, 11) is 0. The van der Waals surface area contributed by atoms with Crippen LogP contribution in [0.3, 0.4) is 0 Å². The zero-order valence-electron chi connectivity index (χ0n) is 14.2. The Morgan fingerprint density at radius 1 is 0.607 bits per heavy atom. The molecular weight excluding hydrogens is 374 g/mol. The molecular formula is C21H11F4NO2. The standard InChI is InChI=1S/C21H11F4NO2/c22-16-14-15(17(23)19(25)18(16)24)21(28)26(20(14)27)13-8-6-12(7-9-13)10-11-4-2-1-3-5-11/h1-9H,10H2. The van der Waals surface area contributed by atoms with Crippen molar-refractivity contribution in [2.45, 2.75) is 6.42 Å². The minimum Gasteiger partial charge on any atom is -0.268 e. The lowest BCUT2D eigenvalue weighted by Crippen LogP contribution is -2.29. The first-order chi connectivity index (χ1) is 13.4. The summed E-state index contributed by atoms with van der Waals surface area (Å²) in [6, 6.07) is 15.7. The molecule has 0 bridgehead atoms. The van der Waals surface area contributed by atoms with Crippen molar-refractivity contribution in [2.24, 2.45) is 0 Å². The number of rotatable bonds is 3. The van der Waals surface area contributed by atoms with Crippen LogP contribution < -0.4 is 4.90 Å². The third-order valence-electron chi connectivity index (χ3n) is 4.55. The molecule has 28 heavy (non-hydrogen) atoms. The number of carbonyl (C=O) groups is 2. The smallest absolute Gasteiger partial charge is 0.268 e. The molecule has 7 heteroatoms. The molecule has 140 valence electrons. The fourth-order valence-electron chi connectivity index (χ4n) is 3.18. The van der Waals surface area contributed by atoms with Gasteiger partial charge in [-0.2, -0.15) is 0 Å². The van der Waals surface area contributed by atoms with E-state index in [0.717, 1.165) is 11.1 Å². The number of carbonyl (C=O) groups excluding carboxylic acids is 2. The van der Waals surface area contributed by atoms with Crippen molar-refractivity contribution in [1.29, 1.82) is 0 Å². The highest BCUT2D eigenvalue weighted by Gasteiger charge is 2.44. The molecule has 0 saturated carbocycles. The van der Waals surface area contributed by atoms with Gasteiger partial charge < -0.3 is 0 Å². The quantitative estimate of drug-likeness (QED) is 0.285. The Balaban J connectivity index is 1.69. The van der Waals surface area contributed by atoms with E-state index in [-0.39, 0.29) is 5.69 Å². The van der Waals surface area contributed by atoms with E-state index in [0.29, 0.717) is 11.3 Å². The van der Waals surface area contributed by atoms with Gasteiger partial charge in [-0.25, -0.2) is 22.5 Å². The van der Waals surface area contributed by atoms with Gasteiger partial charge in [-0.3, -0.25) is 9.59 Å². The summed E-state index contributed by atoms with van der Waals surface area (Å²) >= 11 is 0. The van der Waals surface area contributed by atoms with Gasteiger partial charge >= 0.3 is 0 Å². The number of hydrogen-bond donors (Lipinski definition) is 0. The Kier molecular flexibility index (Phi) is 4.22. The second-order valence-corrected chi connectivity index (χ2v) is 6.28. The third kappa shape index (κ3) is 2.67. The van der Waals surface area contributed by atoms with Crippen LogP contribution in [0, 0.1) is 23.3 Å². The van der Waals surface area contributed by atoms with Crippen molar-refractivity contribution >= 4 is 17.5 Å². The van der Waals surface area contributed by atoms with Crippen molar-refractivity contribution in [3.05, 3.63) is 100 Å². The molecule has 1 heterocycles. The summed E-state index contributed by atoms with van der Waals surface area (Å²) < 4.78 is 54.9. The minimum atomic E-state index is -2.13. The highest BCUT2D eigenvalue weighted by molar-refractivity contribution is 6.34. The van der Waals surface area contributed by atoms with Gasteiger partial charge in [-0.1, -0.05) is 42.5 Å². The monoisotopic (exact) mass is 385 g/mol. The Hall–Kier alpha value is -3.48. The maximum absolute atomic E-state index is 14.0. The van der Waals surface area contributed by atoms with Crippen LogP contribution in [0.5, 0.6) is 0 Å². The summed E-state index contributed by atoms with van der Waals surface area (Å²) in [6.07, 6.45) is 0.600. The van der Waals surface area contributed by atoms with Crippen LogP contribution in [0.25, 0.3) is 0 Å². The zero-order valence-corrected chi connectivity index (χ0v) is 14.2. The van der Waals surface area contributed by atoms with Crippen molar-refractivity contribution in [3.63, 3.8) is 0 Å². The first-order valence-corrected chi connectivity index (χ1v) is 8.27. The molecule has 0 aromatic heterocycles. The normalized spacial score (nSPS) is 13.2. The van der Waals surface area contributed by atoms with E-state index >= 15 is 0 Å². The number of fused-ring (bicyclic) bond motifs is 1. The number of hydrogen-bond acceptors (Lipinski definition) is 2. The predicted octanol–water partition coefficient (Wildman–Crippen LogP) is 4.63. The van der Waals surface area contributed by atoms with E-state index in [1.165, 1.54) is 12.1 Å². The molecule has 0 atom stereocenters. The molecule has 0 spiro atoms. The van der Waals surface area contributed by atoms with E-state index < -0.39 is 46.2 Å². The van der Waals surface area contributed by atoms with Crippen LogP contribution in [-0.4, -0.2) is 11.8 Å². The largest absolute Gasteiger partial charge is 0.269 e. The van der Waals surface area contributed by atoms with E-state index in [1.54, 1.807) is 12.1 Å². The first kappa shape index (κ1) is 17.9. The lowest BCUT2D eigenvalue weighted by molar-refractivity contribution is 0.0924. The van der Waals surface area contributed by atoms with Crippen molar-refractivity contribution in [3.8, 4) is 0 Å². The molecule has 0 saturated heterocycles. The van der Waals surface area contributed by atoms with Crippen LogP contribution in [0.4, 0.5) is 23.2 Å². The van der Waals surface area contributed by atoms with Crippen molar-refractivity contribution in [1.82, 2.24) is 0 Å². The maximum atomic E-state index is 14.0. The van der Waals surface area contributed by atoms with Crippen molar-refractivity contribution < 1.29 is 27.2 Å². The highest BCUT2D eigenvalue weighted by Crippen LogP contribution is 2.34. The van der Waals surface area contributed by atoms with Gasteiger partial charge in [0.15, 0.2) is 23.3 Å². The maximum Gasteiger partial charge on any atom is 0.269 e. The molecule has 2 amide bonds. The Morgan fingerprint density at radius 3 is 1.57 bits per heavy atom. The number of halogens is 4. The lowest BCUT2D eigenvalue weighted by atomic mass is 10.0. The number of imide groups is 1. The lowest BCUT2D eigenvalue weighted by Gasteiger charge is -2.14. The molecule has 1 aliphatic rings. The van der Waals surface area contributed by atoms with E-state index in [4.69, 9.17) is 0 Å². The van der Waals surface area contributed by atoms with Gasteiger partial charge in [0.2, 0.25) is 0 Å². The molecule has 0 radical (unpaired) electrons. The summed E-state index contributed by atoms with van der Waals surface area (Å²) in [4.78, 5) is 25.4. The van der Waals surface area contributed by atoms with Crippen LogP contribution >= 0.6 is 0 Å². The molecule has 3 nitrogen and oxygen atoms in total. The molecule has 1 aliphatic heterocycles. The number of benzene rings is 3. The fraction of sp³-hybridized carbons (Fsp3) is 0.0476. The van der Waals surface area contributed by atoms with Gasteiger partial charge in [0.25, 0.3) is 11.8 Å². The average Bonchev–Trinajstić information content (AvgIpc) is 2.97. The number of nitrogens with zero attached hydrogens (tertiary/aromatic N) is 1. The van der Waals surface area contributed by atoms with Crippen LogP contribution in [0.15, 0.2) is 54.6 Å². The molecule has 3 aromatic carbocycles. The Bertz CT molecular complexity index is 1060. The number of amides is 2. The van der Waals surface area contributed by atoms with E-state index in [9.17, 15) is 27.2 Å². The first-order valence-electron chi connectivity index (χ1n) is 8.27. The molecule has 4 rings (SSSR count). The number of anilines is 1. The topological polar surface area (TPSA) is 37.4 Å². The Morgan fingerprint density at radius 2 is 1.07 bits per heavy atom. The second kappa shape index (κ2) is 6.60. The van der Waals surface area contributed by atoms with Gasteiger partial charge in [0.05, 0.1) is 16.8 Å². The highest BCUT2D eigenvalue weighted by atomic mass is 19.2. The summed E-state index contributed by atoms with van der Waals surface area (Å²) in [6.45, 7) is 0. The van der Waals surface area contributed by atoms with Gasteiger partial charge in [0.1, 0.15) is 0 Å². The summed E-state index contributed by atoms with van der Waals surface area (Å²) in [5, 5.41) is 0. The van der Waals surface area contributed by atoms with E-state index in [2.05, 4.69) is 0 Å². The van der Waals surface area contributed by atoms with Crippen LogP contribution in [0.1, 0.15) is 31.8 Å². The van der Waals surface area contributed by atoms with Gasteiger partial charge in [-0.05, 0) is 29.7 Å². The SMILES string of the molecule is O=C1c2c(F)c(F)c(F)c(F)c2C(=O)N1c1ccc(Cc2ccccc2)cc1. The molecule has 3 aromatic rings. The second-order valence-electron chi connectivity index (χ2n) is 6.28. The molecule has 0 N–H and O–H groups in total. The molecule has 0 fully saturated rings. The average molecular weight is 385 g/mol. The fourth-order valence-corrected chi connectivity index (χ4v) is 3.18. The predicted molar refractivity (Wildman–Crippen MR) is 93.1 cm³/mol. The van der Waals surface area contributed by atoms with Gasteiger partial charge in [-0.15, -0.1) is 0 Å². The third-order valence-corrected chi connectivity index (χ3v) is 4.55. The zero-order chi connectivity index (χ0) is 20.0. The molecule has 0 unspecified atom stereocenters. The van der Waals surface area contributed by atoms with E-state index in [1.807, 2.05) is 30.3 Å². The van der Waals surface area contributed by atoms with Crippen LogP contribution in [0.2, 0.25) is 0 Å². The summed E-state index contributed by atoms with van der Waals surface area (Å²) in [5.74, 6) is -10.5.